The highest BCUT2D eigenvalue weighted by atomic mass is 14.9. The van der Waals surface area contributed by atoms with E-state index in [0.29, 0.717) is 0 Å². The molecular formula is C51H49N. The average molecular weight is 676 g/mol. The lowest BCUT2D eigenvalue weighted by atomic mass is 9.82. The molecule has 6 aromatic rings. The zero-order chi connectivity index (χ0) is 36.5. The van der Waals surface area contributed by atoms with Crippen molar-refractivity contribution in [2.45, 2.75) is 58.8 Å². The lowest BCUT2D eigenvalue weighted by Crippen LogP contribution is -2.15. The van der Waals surface area contributed by atoms with Crippen molar-refractivity contribution in [3.63, 3.8) is 0 Å². The maximum Gasteiger partial charge on any atom is 0.0385 e. The van der Waals surface area contributed by atoms with Gasteiger partial charge in [0.05, 0.1) is 0 Å². The molecule has 258 valence electrons. The molecule has 0 spiro atoms. The van der Waals surface area contributed by atoms with Gasteiger partial charge in [0.2, 0.25) is 0 Å². The summed E-state index contributed by atoms with van der Waals surface area (Å²) in [6, 6.07) is 46.6. The van der Waals surface area contributed by atoms with E-state index in [1.807, 2.05) is 12.2 Å². The van der Waals surface area contributed by atoms with E-state index in [1.54, 1.807) is 0 Å². The van der Waals surface area contributed by atoms with E-state index in [2.05, 4.69) is 199 Å². The number of hydrogen-bond acceptors (Lipinski definition) is 1. The standard InChI is InChI=1S/C32H28.C19H21N/c1-4-5-6-11-29-22-32(2,3)31-21-28(18-19-30(29)31)25-14-12-24(13-15-25)27-17-16-23-9-7-8-10-26(23)20-27;1-5-13(2)20-14-10-11-16-15-8-6-7-9-17(15)19(3,4)18(16)12-14/h4-21H,1,22H2,2-3H3;5-12,20H,1-4H3/b6-5-,29-11+;13-5+. The van der Waals surface area contributed by atoms with Crippen LogP contribution < -0.4 is 5.32 Å². The second-order valence-electron chi connectivity index (χ2n) is 15.3. The minimum Gasteiger partial charge on any atom is -0.359 e. The van der Waals surface area contributed by atoms with Crippen LogP contribution in [0.1, 0.15) is 70.2 Å². The zero-order valence-corrected chi connectivity index (χ0v) is 31.4. The van der Waals surface area contributed by atoms with Gasteiger partial charge in [0.1, 0.15) is 0 Å². The van der Waals surface area contributed by atoms with Gasteiger partial charge in [-0.2, -0.15) is 0 Å². The van der Waals surface area contributed by atoms with Gasteiger partial charge in [-0.25, -0.2) is 0 Å². The first-order valence-corrected chi connectivity index (χ1v) is 18.5. The van der Waals surface area contributed by atoms with Gasteiger partial charge in [-0.3, -0.25) is 0 Å². The van der Waals surface area contributed by atoms with Gasteiger partial charge < -0.3 is 5.32 Å². The van der Waals surface area contributed by atoms with E-state index in [1.165, 1.54) is 83.4 Å². The van der Waals surface area contributed by atoms with Gasteiger partial charge in [0, 0.05) is 16.8 Å². The summed E-state index contributed by atoms with van der Waals surface area (Å²) in [5.74, 6) is 0. The Morgan fingerprint density at radius 2 is 1.21 bits per heavy atom. The number of allylic oxidation sites excluding steroid dienone is 7. The molecule has 0 amide bonds. The molecule has 6 aromatic carbocycles. The Morgan fingerprint density at radius 1 is 0.596 bits per heavy atom. The van der Waals surface area contributed by atoms with Gasteiger partial charge >= 0.3 is 0 Å². The van der Waals surface area contributed by atoms with Crippen LogP contribution in [0.5, 0.6) is 0 Å². The maximum absolute atomic E-state index is 3.77. The van der Waals surface area contributed by atoms with Crippen LogP contribution in [0.3, 0.4) is 0 Å². The highest BCUT2D eigenvalue weighted by Crippen LogP contribution is 2.49. The molecule has 0 bridgehead atoms. The van der Waals surface area contributed by atoms with E-state index in [4.69, 9.17) is 0 Å². The Bertz CT molecular complexity index is 2380. The number of rotatable bonds is 6. The van der Waals surface area contributed by atoms with Crippen molar-refractivity contribution in [2.24, 2.45) is 0 Å². The molecule has 0 fully saturated rings. The third-order valence-corrected chi connectivity index (χ3v) is 10.9. The molecule has 8 rings (SSSR count). The number of benzene rings is 6. The van der Waals surface area contributed by atoms with Crippen molar-refractivity contribution < 1.29 is 0 Å². The van der Waals surface area contributed by atoms with Crippen molar-refractivity contribution in [3.8, 4) is 33.4 Å². The molecule has 2 aliphatic rings. The van der Waals surface area contributed by atoms with E-state index in [9.17, 15) is 0 Å². The minimum absolute atomic E-state index is 0.0768. The fourth-order valence-corrected chi connectivity index (χ4v) is 7.94. The molecule has 0 heterocycles. The monoisotopic (exact) mass is 675 g/mol. The van der Waals surface area contributed by atoms with Crippen molar-refractivity contribution >= 4 is 22.0 Å². The Kier molecular flexibility index (Phi) is 9.47. The molecule has 2 aliphatic carbocycles. The fraction of sp³-hybridized carbons (Fsp3) is 0.176. The molecular weight excluding hydrogens is 627 g/mol. The van der Waals surface area contributed by atoms with Crippen molar-refractivity contribution in [3.05, 3.63) is 192 Å². The molecule has 1 heteroatoms. The predicted molar refractivity (Wildman–Crippen MR) is 227 cm³/mol. The molecule has 0 saturated carbocycles. The average Bonchev–Trinajstić information content (AvgIpc) is 3.56. The molecule has 0 atom stereocenters. The van der Waals surface area contributed by atoms with E-state index >= 15 is 0 Å². The van der Waals surface area contributed by atoms with Crippen LogP contribution in [0, 0.1) is 0 Å². The highest BCUT2D eigenvalue weighted by Gasteiger charge is 2.35. The highest BCUT2D eigenvalue weighted by molar-refractivity contribution is 5.88. The minimum atomic E-state index is 0.0768. The summed E-state index contributed by atoms with van der Waals surface area (Å²) >= 11 is 0. The lowest BCUT2D eigenvalue weighted by Gasteiger charge is -2.22. The predicted octanol–water partition coefficient (Wildman–Crippen LogP) is 14.3. The van der Waals surface area contributed by atoms with Crippen LogP contribution in [0.2, 0.25) is 0 Å². The van der Waals surface area contributed by atoms with Crippen molar-refractivity contribution in [1.29, 1.82) is 0 Å². The maximum atomic E-state index is 3.77. The molecule has 0 unspecified atom stereocenters. The summed E-state index contributed by atoms with van der Waals surface area (Å²) < 4.78 is 0. The van der Waals surface area contributed by atoms with Crippen molar-refractivity contribution in [2.75, 3.05) is 5.32 Å². The number of anilines is 1. The van der Waals surface area contributed by atoms with Gasteiger partial charge in [0.25, 0.3) is 0 Å². The van der Waals surface area contributed by atoms with E-state index < -0.39 is 0 Å². The zero-order valence-electron chi connectivity index (χ0n) is 31.4. The van der Waals surface area contributed by atoms with Crippen LogP contribution in [-0.4, -0.2) is 0 Å². The molecule has 0 aromatic heterocycles. The molecule has 1 nitrogen and oxygen atoms in total. The number of fused-ring (bicyclic) bond motifs is 5. The Morgan fingerprint density at radius 3 is 1.94 bits per heavy atom. The van der Waals surface area contributed by atoms with E-state index in [-0.39, 0.29) is 10.8 Å². The Balaban J connectivity index is 0.000000180. The van der Waals surface area contributed by atoms with Crippen LogP contribution in [0.15, 0.2) is 170 Å². The van der Waals surface area contributed by atoms with Gasteiger partial charge in [-0.1, -0.05) is 168 Å². The summed E-state index contributed by atoms with van der Waals surface area (Å²) in [6.07, 6.45) is 11.3. The second kappa shape index (κ2) is 14.2. The quantitative estimate of drug-likeness (QED) is 0.173. The van der Waals surface area contributed by atoms with Gasteiger partial charge in [0.15, 0.2) is 0 Å². The summed E-state index contributed by atoms with van der Waals surface area (Å²) in [4.78, 5) is 0. The number of hydrogen-bond donors (Lipinski definition) is 1. The third kappa shape index (κ3) is 6.72. The Labute approximate surface area is 310 Å². The summed E-state index contributed by atoms with van der Waals surface area (Å²) in [5.41, 5.74) is 17.4. The number of nitrogens with one attached hydrogen (secondary N) is 1. The summed E-state index contributed by atoms with van der Waals surface area (Å²) in [5, 5.41) is 6.01. The fourth-order valence-electron chi connectivity index (χ4n) is 7.94. The topological polar surface area (TPSA) is 12.0 Å². The Hall–Kier alpha value is -5.66. The molecule has 0 aliphatic heterocycles. The summed E-state index contributed by atoms with van der Waals surface area (Å²) in [6.45, 7) is 17.2. The lowest BCUT2D eigenvalue weighted by molar-refractivity contribution is 0.563. The molecule has 0 saturated heterocycles. The third-order valence-electron chi connectivity index (χ3n) is 10.9. The largest absolute Gasteiger partial charge is 0.359 e. The molecule has 1 N–H and O–H groups in total. The first-order chi connectivity index (χ1) is 25.1. The van der Waals surface area contributed by atoms with Crippen LogP contribution in [0.4, 0.5) is 5.69 Å². The van der Waals surface area contributed by atoms with Gasteiger partial charge in [-0.15, -0.1) is 0 Å². The molecule has 52 heavy (non-hydrogen) atoms. The molecule has 0 radical (unpaired) electrons. The van der Waals surface area contributed by atoms with Gasteiger partial charge in [-0.05, 0) is 122 Å². The van der Waals surface area contributed by atoms with Crippen molar-refractivity contribution in [1.82, 2.24) is 0 Å². The first-order valence-electron chi connectivity index (χ1n) is 18.5. The first kappa shape index (κ1) is 34.8. The van der Waals surface area contributed by atoms with Crippen LogP contribution in [0.25, 0.3) is 49.7 Å². The normalized spacial score (nSPS) is 15.9. The van der Waals surface area contributed by atoms with Crippen LogP contribution >= 0.6 is 0 Å². The van der Waals surface area contributed by atoms with Crippen LogP contribution in [-0.2, 0) is 10.8 Å². The second-order valence-corrected chi connectivity index (χ2v) is 15.3. The smallest absolute Gasteiger partial charge is 0.0385 e. The SMILES string of the molecule is C/C=C(\C)Nc1ccc2c(c1)C(C)(C)c1ccccc1-2.C=C/C=C\C=C1/CC(C)(C)c2cc(-c3ccc(-c4ccc5ccccc5c4)cc3)ccc21. The summed E-state index contributed by atoms with van der Waals surface area (Å²) in [7, 11) is 0. The van der Waals surface area contributed by atoms with E-state index in [0.717, 1.165) is 6.42 Å².